The maximum absolute atomic E-state index is 2.70. The van der Waals surface area contributed by atoms with Crippen molar-refractivity contribution in [1.82, 2.24) is 4.90 Å². The fraction of sp³-hybridized carbons (Fsp3) is 1.00. The van der Waals surface area contributed by atoms with Gasteiger partial charge >= 0.3 is 18.9 Å². The molecule has 0 aliphatic rings. The first kappa shape index (κ1) is 22.8. The summed E-state index contributed by atoms with van der Waals surface area (Å²) in [6.07, 6.45) is 16.9. The Morgan fingerprint density at radius 3 is 1.30 bits per heavy atom. The smallest absolute Gasteiger partial charge is 1.00 e. The molecule has 0 spiro atoms. The number of nitrogens with zero attached hydrogens (tertiary/aromatic N) is 1. The van der Waals surface area contributed by atoms with Gasteiger partial charge in [-0.2, -0.15) is 0 Å². The molecule has 20 heavy (non-hydrogen) atoms. The van der Waals surface area contributed by atoms with Crippen LogP contribution in [0, 0.1) is 0 Å². The third-order valence-electron chi connectivity index (χ3n) is 3.98. The first-order valence-corrected chi connectivity index (χ1v) is 9.07. The molecule has 0 bridgehead atoms. The molecule has 0 rings (SSSR count). The van der Waals surface area contributed by atoms with E-state index in [1.54, 1.807) is 0 Å². The second kappa shape index (κ2) is 19.6. The van der Waals surface area contributed by atoms with Gasteiger partial charge in [0.25, 0.3) is 0 Å². The van der Waals surface area contributed by atoms with E-state index >= 15 is 0 Å². The van der Waals surface area contributed by atoms with E-state index in [1.165, 1.54) is 96.7 Å². The van der Waals surface area contributed by atoms with E-state index in [-0.39, 0.29) is 20.3 Å². The summed E-state index contributed by atoms with van der Waals surface area (Å²) in [6.45, 7) is 10.9. The van der Waals surface area contributed by atoms with Crippen LogP contribution in [-0.4, -0.2) is 24.5 Å². The Bertz CT molecular complexity index is 159. The molecule has 1 nitrogen and oxygen atoms in total. The molecule has 0 aliphatic carbocycles. The first-order chi connectivity index (χ1) is 9.35. The van der Waals surface area contributed by atoms with E-state index in [0.717, 1.165) is 0 Å². The third kappa shape index (κ3) is 16.6. The van der Waals surface area contributed by atoms with Crippen LogP contribution in [-0.2, 0) is 0 Å². The second-order valence-corrected chi connectivity index (χ2v) is 6.02. The maximum Gasteiger partial charge on any atom is 1.00 e. The van der Waals surface area contributed by atoms with Crippen molar-refractivity contribution in [3.05, 3.63) is 0 Å². The summed E-state index contributed by atoms with van der Waals surface area (Å²) in [4.78, 5) is 2.70. The SMILES string of the molecule is CCCCCCCCCCN(CCCC)CCCC.[H-].[Li+]. The van der Waals surface area contributed by atoms with Gasteiger partial charge in [0.15, 0.2) is 0 Å². The molecule has 0 atom stereocenters. The Labute approximate surface area is 142 Å². The molecule has 0 saturated carbocycles. The minimum absolute atomic E-state index is 0. The average Bonchev–Trinajstić information content (AvgIpc) is 2.43. The molecule has 0 fully saturated rings. The predicted octanol–water partition coefficient (Wildman–Crippen LogP) is 3.15. The van der Waals surface area contributed by atoms with Crippen molar-refractivity contribution in [2.24, 2.45) is 0 Å². The fourth-order valence-electron chi connectivity index (χ4n) is 2.57. The predicted molar refractivity (Wildman–Crippen MR) is 90.0 cm³/mol. The van der Waals surface area contributed by atoms with E-state index in [1.807, 2.05) is 0 Å². The first-order valence-electron chi connectivity index (χ1n) is 9.07. The van der Waals surface area contributed by atoms with Crippen molar-refractivity contribution < 1.29 is 20.3 Å². The molecule has 118 valence electrons. The molecule has 0 aromatic carbocycles. The molecule has 0 aromatic heterocycles. The van der Waals surface area contributed by atoms with E-state index in [2.05, 4.69) is 25.7 Å². The van der Waals surface area contributed by atoms with Gasteiger partial charge in [0.1, 0.15) is 0 Å². The molecule has 0 N–H and O–H groups in total. The average molecular weight is 277 g/mol. The Hall–Kier alpha value is 0.557. The Morgan fingerprint density at radius 1 is 0.500 bits per heavy atom. The molecule has 0 aliphatic heterocycles. The van der Waals surface area contributed by atoms with Gasteiger partial charge in [-0.1, -0.05) is 78.6 Å². The van der Waals surface area contributed by atoms with Crippen LogP contribution in [0.2, 0.25) is 0 Å². The summed E-state index contributed by atoms with van der Waals surface area (Å²) in [6, 6.07) is 0. The molecule has 0 radical (unpaired) electrons. The van der Waals surface area contributed by atoms with Crippen molar-refractivity contribution in [3.8, 4) is 0 Å². The fourth-order valence-corrected chi connectivity index (χ4v) is 2.57. The summed E-state index contributed by atoms with van der Waals surface area (Å²) >= 11 is 0. The standard InChI is InChI=1S/C18H39N.Li.H/c1-4-7-10-11-12-13-14-15-18-19(16-8-5-2)17-9-6-3;;/h4-18H2,1-3H3;;/q;+1;-1. The minimum atomic E-state index is 0. The topological polar surface area (TPSA) is 3.24 Å². The zero-order valence-corrected chi connectivity index (χ0v) is 15.1. The summed E-state index contributed by atoms with van der Waals surface area (Å²) in [7, 11) is 0. The molecular weight excluding hydrogens is 237 g/mol. The second-order valence-electron chi connectivity index (χ2n) is 6.02. The van der Waals surface area contributed by atoms with Crippen molar-refractivity contribution in [2.45, 2.75) is 97.8 Å². The summed E-state index contributed by atoms with van der Waals surface area (Å²) in [5.41, 5.74) is 0. The molecule has 0 heterocycles. The maximum atomic E-state index is 2.70. The molecule has 0 unspecified atom stereocenters. The van der Waals surface area contributed by atoms with Gasteiger partial charge in [-0.15, -0.1) is 0 Å². The van der Waals surface area contributed by atoms with Crippen molar-refractivity contribution in [2.75, 3.05) is 19.6 Å². The molecule has 0 aromatic rings. The zero-order valence-electron chi connectivity index (χ0n) is 16.1. The molecule has 2 heteroatoms. The van der Waals surface area contributed by atoms with Gasteiger partial charge in [0, 0.05) is 0 Å². The quantitative estimate of drug-likeness (QED) is 0.328. The third-order valence-corrected chi connectivity index (χ3v) is 3.98. The van der Waals surface area contributed by atoms with E-state index in [9.17, 15) is 0 Å². The van der Waals surface area contributed by atoms with Crippen LogP contribution in [0.4, 0.5) is 0 Å². The number of hydrogen-bond donors (Lipinski definition) is 0. The largest absolute Gasteiger partial charge is 1.00 e. The summed E-state index contributed by atoms with van der Waals surface area (Å²) in [5, 5.41) is 0. The summed E-state index contributed by atoms with van der Waals surface area (Å²) in [5.74, 6) is 0. The van der Waals surface area contributed by atoms with Crippen molar-refractivity contribution >= 4 is 0 Å². The molecular formula is C18H40LiN. The Kier molecular flexibility index (Phi) is 22.3. The van der Waals surface area contributed by atoms with Gasteiger partial charge in [-0.3, -0.25) is 0 Å². The van der Waals surface area contributed by atoms with Crippen LogP contribution in [0.1, 0.15) is 99.2 Å². The van der Waals surface area contributed by atoms with E-state index in [0.29, 0.717) is 0 Å². The number of hydrogen-bond acceptors (Lipinski definition) is 1. The van der Waals surface area contributed by atoms with Crippen LogP contribution >= 0.6 is 0 Å². The molecule has 0 saturated heterocycles. The number of rotatable bonds is 15. The Balaban J connectivity index is -0.00000162. The minimum Gasteiger partial charge on any atom is -1.00 e. The van der Waals surface area contributed by atoms with Crippen LogP contribution in [0.25, 0.3) is 0 Å². The zero-order chi connectivity index (χ0) is 14.2. The molecule has 0 amide bonds. The van der Waals surface area contributed by atoms with E-state index < -0.39 is 0 Å². The van der Waals surface area contributed by atoms with Crippen LogP contribution in [0.15, 0.2) is 0 Å². The van der Waals surface area contributed by atoms with Crippen LogP contribution in [0.3, 0.4) is 0 Å². The van der Waals surface area contributed by atoms with Gasteiger partial charge in [0.2, 0.25) is 0 Å². The van der Waals surface area contributed by atoms with Gasteiger partial charge < -0.3 is 6.33 Å². The normalized spacial score (nSPS) is 10.8. The monoisotopic (exact) mass is 277 g/mol. The van der Waals surface area contributed by atoms with Crippen LogP contribution in [0.5, 0.6) is 0 Å². The Morgan fingerprint density at radius 2 is 0.850 bits per heavy atom. The van der Waals surface area contributed by atoms with Gasteiger partial charge in [0.05, 0.1) is 0 Å². The summed E-state index contributed by atoms with van der Waals surface area (Å²) < 4.78 is 0. The van der Waals surface area contributed by atoms with Gasteiger partial charge in [-0.05, 0) is 38.9 Å². The van der Waals surface area contributed by atoms with E-state index in [4.69, 9.17) is 0 Å². The van der Waals surface area contributed by atoms with Gasteiger partial charge in [-0.25, -0.2) is 0 Å². The van der Waals surface area contributed by atoms with Crippen molar-refractivity contribution in [1.29, 1.82) is 0 Å². The van der Waals surface area contributed by atoms with Crippen LogP contribution < -0.4 is 18.9 Å². The van der Waals surface area contributed by atoms with Crippen molar-refractivity contribution in [3.63, 3.8) is 0 Å². The number of unbranched alkanes of at least 4 members (excludes halogenated alkanes) is 9.